The monoisotopic (exact) mass is 369 g/mol. The van der Waals surface area contributed by atoms with E-state index < -0.39 is 0 Å². The summed E-state index contributed by atoms with van der Waals surface area (Å²) in [6, 6.07) is 13.9. The predicted octanol–water partition coefficient (Wildman–Crippen LogP) is 4.47. The molecular formula is C20H17ClFN3O. The van der Waals surface area contributed by atoms with Crippen LogP contribution < -0.4 is 5.32 Å². The third-order valence-corrected chi connectivity index (χ3v) is 4.84. The molecule has 26 heavy (non-hydrogen) atoms. The SMILES string of the molecule is O=C(Nc1cnn(Cc2ccc(F)cc2)c1)C1CC1c1ccc(Cl)cc1. The lowest BCUT2D eigenvalue weighted by Gasteiger charge is -2.03. The highest BCUT2D eigenvalue weighted by molar-refractivity contribution is 6.30. The molecule has 132 valence electrons. The molecule has 0 saturated heterocycles. The Hall–Kier alpha value is -2.66. The number of carbonyl (C=O) groups excluding carboxylic acids is 1. The van der Waals surface area contributed by atoms with Crippen molar-refractivity contribution in [3.63, 3.8) is 0 Å². The second-order valence-corrected chi connectivity index (χ2v) is 6.98. The van der Waals surface area contributed by atoms with E-state index in [4.69, 9.17) is 11.6 Å². The van der Waals surface area contributed by atoms with Crippen LogP contribution in [-0.4, -0.2) is 15.7 Å². The second kappa shape index (κ2) is 6.92. The highest BCUT2D eigenvalue weighted by Crippen LogP contribution is 2.48. The quantitative estimate of drug-likeness (QED) is 0.721. The zero-order valence-corrected chi connectivity index (χ0v) is 14.7. The van der Waals surface area contributed by atoms with Crippen molar-refractivity contribution in [2.24, 2.45) is 5.92 Å². The van der Waals surface area contributed by atoms with Crippen molar-refractivity contribution >= 4 is 23.2 Å². The van der Waals surface area contributed by atoms with Crippen LogP contribution in [0.4, 0.5) is 10.1 Å². The summed E-state index contributed by atoms with van der Waals surface area (Å²) in [4.78, 5) is 12.4. The van der Waals surface area contributed by atoms with Gasteiger partial charge in [0.2, 0.25) is 5.91 Å². The summed E-state index contributed by atoms with van der Waals surface area (Å²) < 4.78 is 14.7. The molecule has 2 atom stereocenters. The van der Waals surface area contributed by atoms with Gasteiger partial charge in [-0.2, -0.15) is 5.10 Å². The minimum atomic E-state index is -0.262. The van der Waals surface area contributed by atoms with Gasteiger partial charge in [0.15, 0.2) is 0 Å². The van der Waals surface area contributed by atoms with Crippen molar-refractivity contribution in [3.05, 3.63) is 82.9 Å². The van der Waals surface area contributed by atoms with E-state index in [0.717, 1.165) is 17.5 Å². The molecule has 0 bridgehead atoms. The third kappa shape index (κ3) is 3.78. The summed E-state index contributed by atoms with van der Waals surface area (Å²) in [6.45, 7) is 0.521. The molecule has 1 saturated carbocycles. The number of halogens is 2. The smallest absolute Gasteiger partial charge is 0.228 e. The number of rotatable bonds is 5. The lowest BCUT2D eigenvalue weighted by Crippen LogP contribution is -2.14. The normalized spacial score (nSPS) is 18.5. The third-order valence-electron chi connectivity index (χ3n) is 4.58. The maximum Gasteiger partial charge on any atom is 0.228 e. The summed E-state index contributed by atoms with van der Waals surface area (Å²) >= 11 is 5.90. The molecule has 1 aliphatic rings. The number of benzene rings is 2. The van der Waals surface area contributed by atoms with Crippen LogP contribution in [0.25, 0.3) is 0 Å². The highest BCUT2D eigenvalue weighted by atomic mass is 35.5. The molecule has 1 heterocycles. The van der Waals surface area contributed by atoms with Crippen LogP contribution in [0, 0.1) is 11.7 Å². The van der Waals surface area contributed by atoms with Gasteiger partial charge in [0.05, 0.1) is 18.4 Å². The summed E-state index contributed by atoms with van der Waals surface area (Å²) in [5.41, 5.74) is 2.75. The molecule has 4 nitrogen and oxygen atoms in total. The maximum absolute atomic E-state index is 13.0. The Morgan fingerprint density at radius 3 is 2.65 bits per heavy atom. The number of nitrogens with zero attached hydrogens (tertiary/aromatic N) is 2. The number of nitrogens with one attached hydrogen (secondary N) is 1. The molecule has 0 spiro atoms. The molecule has 2 aromatic carbocycles. The minimum absolute atomic E-state index is 0.00582. The summed E-state index contributed by atoms with van der Waals surface area (Å²) in [6.07, 6.45) is 4.25. The molecule has 0 aliphatic heterocycles. The lowest BCUT2D eigenvalue weighted by atomic mass is 10.1. The van der Waals surface area contributed by atoms with Gasteiger partial charge < -0.3 is 5.32 Å². The Morgan fingerprint density at radius 1 is 1.19 bits per heavy atom. The summed E-state index contributed by atoms with van der Waals surface area (Å²) in [5, 5.41) is 7.87. The Labute approximate surface area is 155 Å². The first kappa shape index (κ1) is 16.8. The largest absolute Gasteiger partial charge is 0.323 e. The number of carbonyl (C=O) groups is 1. The van der Waals surface area contributed by atoms with E-state index >= 15 is 0 Å². The van der Waals surface area contributed by atoms with E-state index in [2.05, 4.69) is 10.4 Å². The molecule has 2 unspecified atom stereocenters. The van der Waals surface area contributed by atoms with Crippen LogP contribution >= 0.6 is 11.6 Å². The van der Waals surface area contributed by atoms with Crippen LogP contribution in [0.5, 0.6) is 0 Å². The number of hydrogen-bond donors (Lipinski definition) is 1. The minimum Gasteiger partial charge on any atom is -0.323 e. The van der Waals surface area contributed by atoms with Crippen LogP contribution in [0.15, 0.2) is 60.9 Å². The van der Waals surface area contributed by atoms with Gasteiger partial charge >= 0.3 is 0 Å². The summed E-state index contributed by atoms with van der Waals surface area (Å²) in [5.74, 6) is -0.0220. The molecule has 1 fully saturated rings. The molecular weight excluding hydrogens is 353 g/mol. The van der Waals surface area contributed by atoms with Gasteiger partial charge in [-0.1, -0.05) is 35.9 Å². The van der Waals surface area contributed by atoms with E-state index in [1.54, 1.807) is 29.2 Å². The molecule has 3 aromatic rings. The van der Waals surface area contributed by atoms with E-state index in [1.807, 2.05) is 24.3 Å². The van der Waals surface area contributed by atoms with Crippen molar-refractivity contribution in [2.45, 2.75) is 18.9 Å². The Morgan fingerprint density at radius 2 is 1.92 bits per heavy atom. The second-order valence-electron chi connectivity index (χ2n) is 6.54. The number of aromatic nitrogens is 2. The fraction of sp³-hybridized carbons (Fsp3) is 0.200. The predicted molar refractivity (Wildman–Crippen MR) is 98.7 cm³/mol. The molecule has 1 aromatic heterocycles. The highest BCUT2D eigenvalue weighted by Gasteiger charge is 2.43. The number of amides is 1. The molecule has 4 rings (SSSR count). The van der Waals surface area contributed by atoms with E-state index in [1.165, 1.54) is 12.1 Å². The van der Waals surface area contributed by atoms with Gasteiger partial charge in [0.25, 0.3) is 0 Å². The zero-order valence-electron chi connectivity index (χ0n) is 13.9. The molecule has 1 N–H and O–H groups in total. The van der Waals surface area contributed by atoms with E-state index in [-0.39, 0.29) is 23.6 Å². The van der Waals surface area contributed by atoms with E-state index in [0.29, 0.717) is 17.3 Å². The fourth-order valence-electron chi connectivity index (χ4n) is 3.09. The standard InChI is InChI=1S/C20H17ClFN3O/c21-15-5-3-14(4-6-15)18-9-19(18)20(26)24-17-10-23-25(12-17)11-13-1-7-16(22)8-2-13/h1-8,10,12,18-19H,9,11H2,(H,24,26). The Balaban J connectivity index is 1.35. The molecule has 1 amide bonds. The number of anilines is 1. The van der Waals surface area contributed by atoms with Crippen LogP contribution in [-0.2, 0) is 11.3 Å². The van der Waals surface area contributed by atoms with Crippen LogP contribution in [0.3, 0.4) is 0 Å². The van der Waals surface area contributed by atoms with E-state index in [9.17, 15) is 9.18 Å². The van der Waals surface area contributed by atoms with Gasteiger partial charge in [-0.05, 0) is 47.7 Å². The van der Waals surface area contributed by atoms with Crippen LogP contribution in [0.1, 0.15) is 23.5 Å². The average molecular weight is 370 g/mol. The van der Waals surface area contributed by atoms with Gasteiger partial charge in [0, 0.05) is 17.1 Å². The van der Waals surface area contributed by atoms with Crippen molar-refractivity contribution in [3.8, 4) is 0 Å². The first-order chi connectivity index (χ1) is 12.6. The molecule has 6 heteroatoms. The first-order valence-electron chi connectivity index (χ1n) is 8.42. The van der Waals surface area contributed by atoms with Gasteiger partial charge in [-0.25, -0.2) is 4.39 Å². The molecule has 1 aliphatic carbocycles. The summed E-state index contributed by atoms with van der Waals surface area (Å²) in [7, 11) is 0. The Kier molecular flexibility index (Phi) is 4.47. The Bertz CT molecular complexity index is 921. The van der Waals surface area contributed by atoms with Gasteiger partial charge in [0.1, 0.15) is 5.82 Å². The van der Waals surface area contributed by atoms with Crippen molar-refractivity contribution < 1.29 is 9.18 Å². The first-order valence-corrected chi connectivity index (χ1v) is 8.79. The van der Waals surface area contributed by atoms with Crippen molar-refractivity contribution in [1.82, 2.24) is 9.78 Å². The molecule has 0 radical (unpaired) electrons. The zero-order chi connectivity index (χ0) is 18.1. The van der Waals surface area contributed by atoms with Gasteiger partial charge in [-0.15, -0.1) is 0 Å². The number of hydrogen-bond acceptors (Lipinski definition) is 2. The van der Waals surface area contributed by atoms with Gasteiger partial charge in [-0.3, -0.25) is 9.48 Å². The topological polar surface area (TPSA) is 46.9 Å². The van der Waals surface area contributed by atoms with Crippen LogP contribution in [0.2, 0.25) is 5.02 Å². The maximum atomic E-state index is 13.0. The average Bonchev–Trinajstić information content (AvgIpc) is 3.32. The van der Waals surface area contributed by atoms with Crippen molar-refractivity contribution in [1.29, 1.82) is 0 Å². The van der Waals surface area contributed by atoms with Crippen molar-refractivity contribution in [2.75, 3.05) is 5.32 Å². The lowest BCUT2D eigenvalue weighted by molar-refractivity contribution is -0.117. The fourth-order valence-corrected chi connectivity index (χ4v) is 3.22.